The lowest BCUT2D eigenvalue weighted by Gasteiger charge is -2.22. The molecule has 5 nitrogen and oxygen atoms in total. The van der Waals surface area contributed by atoms with Crippen molar-refractivity contribution in [2.45, 2.75) is 104 Å². The Bertz CT molecular complexity index is 593. The molecule has 142 valence electrons. The normalized spacial score (nSPS) is 21.4. The van der Waals surface area contributed by atoms with Crippen molar-refractivity contribution in [3.8, 4) is 0 Å². The van der Waals surface area contributed by atoms with Gasteiger partial charge in [-0.15, -0.1) is 0 Å². The summed E-state index contributed by atoms with van der Waals surface area (Å²) in [5, 5.41) is 7.79. The number of hydrogen-bond acceptors (Lipinski definition) is 3. The second-order valence-corrected chi connectivity index (χ2v) is 9.31. The molecule has 1 aromatic heterocycles. The van der Waals surface area contributed by atoms with E-state index in [1.165, 1.54) is 5.69 Å². The fourth-order valence-electron chi connectivity index (χ4n) is 3.46. The van der Waals surface area contributed by atoms with Crippen LogP contribution >= 0.6 is 0 Å². The van der Waals surface area contributed by atoms with Crippen LogP contribution in [-0.2, 0) is 16.7 Å². The Kier molecular flexibility index (Phi) is 5.85. The number of amides is 1. The minimum Gasteiger partial charge on any atom is -0.446 e. The highest BCUT2D eigenvalue weighted by atomic mass is 16.6. The molecule has 0 aliphatic heterocycles. The van der Waals surface area contributed by atoms with Crippen LogP contribution in [0.5, 0.6) is 0 Å². The second-order valence-electron chi connectivity index (χ2n) is 9.31. The number of aromatic nitrogens is 2. The van der Waals surface area contributed by atoms with E-state index in [0.717, 1.165) is 37.8 Å². The van der Waals surface area contributed by atoms with E-state index in [4.69, 9.17) is 9.84 Å². The molecule has 1 aliphatic carbocycles. The van der Waals surface area contributed by atoms with E-state index < -0.39 is 0 Å². The van der Waals surface area contributed by atoms with Crippen molar-refractivity contribution in [1.82, 2.24) is 15.1 Å². The topological polar surface area (TPSA) is 56.1 Å². The summed E-state index contributed by atoms with van der Waals surface area (Å²) in [7, 11) is 0. The van der Waals surface area contributed by atoms with Gasteiger partial charge in [-0.05, 0) is 73.3 Å². The summed E-state index contributed by atoms with van der Waals surface area (Å²) in [5.41, 5.74) is 2.18. The standard InChI is InChI=1S/C20H35N3O2/c1-8-9-15-13-17(22-23(15)20(5,6)7)14-10-11-16(12-14)25-18(24)21-19(2,3)4/h13-14,16H,8-12H2,1-7H3,(H,21,24). The molecule has 1 saturated carbocycles. The maximum absolute atomic E-state index is 12.0. The lowest BCUT2D eigenvalue weighted by molar-refractivity contribution is 0.0936. The molecular weight excluding hydrogens is 314 g/mol. The van der Waals surface area contributed by atoms with Crippen LogP contribution < -0.4 is 5.32 Å². The van der Waals surface area contributed by atoms with E-state index in [0.29, 0.717) is 5.92 Å². The lowest BCUT2D eigenvalue weighted by Crippen LogP contribution is -2.42. The molecule has 0 radical (unpaired) electrons. The fraction of sp³-hybridized carbons (Fsp3) is 0.800. The van der Waals surface area contributed by atoms with Crippen molar-refractivity contribution < 1.29 is 9.53 Å². The molecule has 5 heteroatoms. The monoisotopic (exact) mass is 349 g/mol. The molecule has 25 heavy (non-hydrogen) atoms. The predicted molar refractivity (Wildman–Crippen MR) is 101 cm³/mol. The summed E-state index contributed by atoms with van der Waals surface area (Å²) in [5.74, 6) is 0.381. The molecular formula is C20H35N3O2. The maximum atomic E-state index is 12.0. The first-order valence-corrected chi connectivity index (χ1v) is 9.57. The van der Waals surface area contributed by atoms with Crippen molar-refractivity contribution in [3.63, 3.8) is 0 Å². The number of carbonyl (C=O) groups is 1. The van der Waals surface area contributed by atoms with Gasteiger partial charge in [0.05, 0.1) is 11.2 Å². The summed E-state index contributed by atoms with van der Waals surface area (Å²) in [4.78, 5) is 12.0. The van der Waals surface area contributed by atoms with Crippen LogP contribution in [0.1, 0.15) is 91.5 Å². The van der Waals surface area contributed by atoms with E-state index in [1.54, 1.807) is 0 Å². The third kappa shape index (κ3) is 5.48. The van der Waals surface area contributed by atoms with Crippen molar-refractivity contribution >= 4 is 6.09 Å². The van der Waals surface area contributed by atoms with Gasteiger partial charge in [-0.25, -0.2) is 4.79 Å². The number of nitrogens with one attached hydrogen (secondary N) is 1. The molecule has 2 rings (SSSR count). The van der Waals surface area contributed by atoms with E-state index in [-0.39, 0.29) is 23.3 Å². The molecule has 0 bridgehead atoms. The Hall–Kier alpha value is -1.52. The predicted octanol–water partition coefficient (Wildman–Crippen LogP) is 4.75. The van der Waals surface area contributed by atoms with Gasteiger partial charge >= 0.3 is 6.09 Å². The number of ether oxygens (including phenoxy) is 1. The maximum Gasteiger partial charge on any atom is 0.407 e. The van der Waals surface area contributed by atoms with Crippen LogP contribution in [0.4, 0.5) is 4.79 Å². The molecule has 1 N–H and O–H groups in total. The van der Waals surface area contributed by atoms with Gasteiger partial charge in [0, 0.05) is 17.2 Å². The van der Waals surface area contributed by atoms with Gasteiger partial charge in [-0.1, -0.05) is 13.3 Å². The van der Waals surface area contributed by atoms with Crippen molar-refractivity contribution in [2.75, 3.05) is 0 Å². The van der Waals surface area contributed by atoms with Gasteiger partial charge in [-0.3, -0.25) is 4.68 Å². The lowest BCUT2D eigenvalue weighted by atomic mass is 10.0. The van der Waals surface area contributed by atoms with Crippen LogP contribution in [0, 0.1) is 0 Å². The summed E-state index contributed by atoms with van der Waals surface area (Å²) >= 11 is 0. The number of aryl methyl sites for hydroxylation is 1. The zero-order chi connectivity index (χ0) is 18.8. The Morgan fingerprint density at radius 2 is 1.96 bits per heavy atom. The first-order chi connectivity index (χ1) is 11.5. The van der Waals surface area contributed by atoms with Crippen LogP contribution in [0.2, 0.25) is 0 Å². The third-order valence-electron chi connectivity index (χ3n) is 4.50. The SMILES string of the molecule is CCCc1cc(C2CCC(OC(=O)NC(C)(C)C)C2)nn1C(C)(C)C. The summed E-state index contributed by atoms with van der Waals surface area (Å²) < 4.78 is 7.78. The van der Waals surface area contributed by atoms with Gasteiger partial charge < -0.3 is 10.1 Å². The zero-order valence-corrected chi connectivity index (χ0v) is 17.0. The molecule has 1 aliphatic rings. The highest BCUT2D eigenvalue weighted by Crippen LogP contribution is 2.36. The second kappa shape index (κ2) is 7.38. The Morgan fingerprint density at radius 1 is 1.28 bits per heavy atom. The zero-order valence-electron chi connectivity index (χ0n) is 17.0. The summed E-state index contributed by atoms with van der Waals surface area (Å²) in [6.07, 6.45) is 4.64. The number of hydrogen-bond donors (Lipinski definition) is 1. The quantitative estimate of drug-likeness (QED) is 0.853. The first kappa shape index (κ1) is 19.8. The average molecular weight is 350 g/mol. The number of carbonyl (C=O) groups excluding carboxylic acids is 1. The van der Waals surface area contributed by atoms with Crippen LogP contribution in [0.3, 0.4) is 0 Å². The summed E-state index contributed by atoms with van der Waals surface area (Å²) in [6.45, 7) is 14.7. The number of nitrogens with zero attached hydrogens (tertiary/aromatic N) is 2. The largest absolute Gasteiger partial charge is 0.446 e. The Balaban J connectivity index is 2.03. The van der Waals surface area contributed by atoms with Gasteiger partial charge in [0.1, 0.15) is 6.10 Å². The van der Waals surface area contributed by atoms with Gasteiger partial charge in [0.15, 0.2) is 0 Å². The average Bonchev–Trinajstić information content (AvgIpc) is 3.02. The summed E-state index contributed by atoms with van der Waals surface area (Å²) in [6, 6.07) is 2.26. The van der Waals surface area contributed by atoms with E-state index in [1.807, 2.05) is 20.8 Å². The van der Waals surface area contributed by atoms with Crippen LogP contribution in [0.25, 0.3) is 0 Å². The van der Waals surface area contributed by atoms with Crippen molar-refractivity contribution in [1.29, 1.82) is 0 Å². The number of alkyl carbamates (subject to hydrolysis) is 1. The fourth-order valence-corrected chi connectivity index (χ4v) is 3.46. The molecule has 1 amide bonds. The Morgan fingerprint density at radius 3 is 2.52 bits per heavy atom. The van der Waals surface area contributed by atoms with E-state index in [9.17, 15) is 4.79 Å². The van der Waals surface area contributed by atoms with Crippen LogP contribution in [-0.4, -0.2) is 27.5 Å². The minimum atomic E-state index is -0.315. The van der Waals surface area contributed by atoms with Gasteiger partial charge in [-0.2, -0.15) is 5.10 Å². The third-order valence-corrected chi connectivity index (χ3v) is 4.50. The van der Waals surface area contributed by atoms with Crippen molar-refractivity contribution in [2.24, 2.45) is 0 Å². The Labute approximate surface area is 152 Å². The van der Waals surface area contributed by atoms with Crippen molar-refractivity contribution in [3.05, 3.63) is 17.5 Å². The molecule has 0 spiro atoms. The molecule has 1 aromatic rings. The van der Waals surface area contributed by atoms with E-state index >= 15 is 0 Å². The molecule has 0 saturated heterocycles. The van der Waals surface area contributed by atoms with Gasteiger partial charge in [0.25, 0.3) is 0 Å². The molecule has 1 fully saturated rings. The van der Waals surface area contributed by atoms with E-state index in [2.05, 4.69) is 43.8 Å². The van der Waals surface area contributed by atoms with Crippen LogP contribution in [0.15, 0.2) is 6.07 Å². The molecule has 1 heterocycles. The molecule has 2 atom stereocenters. The number of rotatable bonds is 4. The smallest absolute Gasteiger partial charge is 0.407 e. The molecule has 2 unspecified atom stereocenters. The van der Waals surface area contributed by atoms with Gasteiger partial charge in [0.2, 0.25) is 0 Å². The first-order valence-electron chi connectivity index (χ1n) is 9.57. The molecule has 0 aromatic carbocycles. The highest BCUT2D eigenvalue weighted by molar-refractivity contribution is 5.68. The highest BCUT2D eigenvalue weighted by Gasteiger charge is 2.32. The minimum absolute atomic E-state index is 0.0101.